The van der Waals surface area contributed by atoms with Crippen LogP contribution in [0.15, 0.2) is 56.8 Å². The van der Waals surface area contributed by atoms with E-state index >= 15 is 0 Å². The Morgan fingerprint density at radius 1 is 1.22 bits per heavy atom. The average Bonchev–Trinajstić information content (AvgIpc) is 3.47. The van der Waals surface area contributed by atoms with Crippen molar-refractivity contribution in [1.29, 1.82) is 0 Å². The van der Waals surface area contributed by atoms with Gasteiger partial charge in [-0.2, -0.15) is 0 Å². The number of hydrogen-bond acceptors (Lipinski definition) is 8. The first kappa shape index (κ1) is 25.3. The number of carbonyl (C=O) groups excluding carboxylic acids is 1. The minimum Gasteiger partial charge on any atom is -0.480 e. The first-order valence-corrected chi connectivity index (χ1v) is 11.9. The molecule has 4 aromatic rings. The highest BCUT2D eigenvalue weighted by Crippen LogP contribution is 2.36. The van der Waals surface area contributed by atoms with E-state index in [0.717, 1.165) is 21.5 Å². The van der Waals surface area contributed by atoms with E-state index in [0.29, 0.717) is 15.3 Å². The third-order valence-corrected chi connectivity index (χ3v) is 7.23. The molecule has 3 aromatic heterocycles. The smallest absolute Gasteiger partial charge is 0.333 e. The summed E-state index contributed by atoms with van der Waals surface area (Å²) in [5.41, 5.74) is -2.11. The van der Waals surface area contributed by atoms with Crippen LogP contribution in [0.4, 0.5) is 0 Å². The number of aromatic nitrogens is 3. The molecule has 0 bridgehead atoms. The topological polar surface area (TPSA) is 134 Å². The fourth-order valence-electron chi connectivity index (χ4n) is 3.94. The lowest BCUT2D eigenvalue weighted by Gasteiger charge is -2.25. The summed E-state index contributed by atoms with van der Waals surface area (Å²) in [5, 5.41) is 10.0. The minimum absolute atomic E-state index is 0.0619. The van der Waals surface area contributed by atoms with Gasteiger partial charge < -0.3 is 14.3 Å². The second-order valence-electron chi connectivity index (χ2n) is 8.88. The molecule has 188 valence electrons. The molecule has 3 heterocycles. The molecule has 0 amide bonds. The quantitative estimate of drug-likeness (QED) is 0.362. The Bertz CT molecular complexity index is 1550. The van der Waals surface area contributed by atoms with Crippen molar-refractivity contribution in [3.8, 4) is 10.8 Å². The number of carbonyl (C=O) groups is 2. The van der Waals surface area contributed by atoms with Gasteiger partial charge in [0.1, 0.15) is 29.3 Å². The van der Waals surface area contributed by atoms with E-state index < -0.39 is 28.9 Å². The number of nitrogens with zero attached hydrogens (tertiary/aromatic N) is 3. The highest BCUT2D eigenvalue weighted by Gasteiger charge is 2.36. The summed E-state index contributed by atoms with van der Waals surface area (Å²) < 4.78 is 13.4. The summed E-state index contributed by atoms with van der Waals surface area (Å²) in [5.74, 6) is -1.24. The number of carboxylic acid groups (broad SMARTS) is 1. The predicted octanol–water partition coefficient (Wildman–Crippen LogP) is 3.35. The maximum Gasteiger partial charge on any atom is 0.333 e. The standard InChI is InChI=1S/C25H25N3O7S/c1-14(29)13-35-17(16-8-6-5-7-9-16)12-27-22-18(15(2)19(36-22)20-26-10-11-34-20)21(30)28(24(27)33)25(3,4)23(31)32/h5-11,17H,12-13H2,1-4H3,(H,31,32). The van der Waals surface area contributed by atoms with Gasteiger partial charge in [0, 0.05) is 0 Å². The molecule has 10 nitrogen and oxygen atoms in total. The van der Waals surface area contributed by atoms with Crippen LogP contribution in [-0.2, 0) is 26.4 Å². The van der Waals surface area contributed by atoms with Crippen LogP contribution in [0.25, 0.3) is 21.0 Å². The van der Waals surface area contributed by atoms with Gasteiger partial charge in [-0.25, -0.2) is 19.1 Å². The fraction of sp³-hybridized carbons (Fsp3) is 0.320. The number of aliphatic carboxylic acids is 1. The first-order chi connectivity index (χ1) is 17.0. The van der Waals surface area contributed by atoms with Gasteiger partial charge in [-0.1, -0.05) is 30.3 Å². The fourth-order valence-corrected chi connectivity index (χ4v) is 5.18. The Hall–Kier alpha value is -3.83. The number of benzene rings is 1. The number of ketones is 1. The number of ether oxygens (including phenoxy) is 1. The predicted molar refractivity (Wildman–Crippen MR) is 133 cm³/mol. The summed E-state index contributed by atoms with van der Waals surface area (Å²) in [4.78, 5) is 56.2. The summed E-state index contributed by atoms with van der Waals surface area (Å²) in [6.07, 6.45) is 2.15. The molecular formula is C25H25N3O7S. The van der Waals surface area contributed by atoms with Crippen molar-refractivity contribution in [2.24, 2.45) is 0 Å². The van der Waals surface area contributed by atoms with Gasteiger partial charge in [-0.15, -0.1) is 11.3 Å². The lowest BCUT2D eigenvalue weighted by molar-refractivity contribution is -0.146. The lowest BCUT2D eigenvalue weighted by Crippen LogP contribution is -2.52. The number of oxazole rings is 1. The molecule has 0 spiro atoms. The second kappa shape index (κ2) is 9.67. The molecular weight excluding hydrogens is 486 g/mol. The number of aryl methyl sites for hydroxylation is 1. The van der Waals surface area contributed by atoms with Crippen LogP contribution in [0.3, 0.4) is 0 Å². The van der Waals surface area contributed by atoms with Crippen molar-refractivity contribution < 1.29 is 23.8 Å². The molecule has 0 saturated heterocycles. The highest BCUT2D eigenvalue weighted by molar-refractivity contribution is 7.22. The number of hydrogen-bond donors (Lipinski definition) is 1. The van der Waals surface area contributed by atoms with Crippen molar-refractivity contribution >= 4 is 33.3 Å². The molecule has 0 aliphatic rings. The Balaban J connectivity index is 2.02. The molecule has 1 unspecified atom stereocenters. The maximum atomic E-state index is 13.8. The van der Waals surface area contributed by atoms with Gasteiger partial charge in [-0.05, 0) is 38.8 Å². The molecule has 0 saturated carbocycles. The van der Waals surface area contributed by atoms with E-state index in [1.807, 2.05) is 30.3 Å². The molecule has 0 radical (unpaired) electrons. The zero-order chi connectivity index (χ0) is 26.2. The third kappa shape index (κ3) is 4.42. The van der Waals surface area contributed by atoms with Gasteiger partial charge in [-0.3, -0.25) is 14.2 Å². The summed E-state index contributed by atoms with van der Waals surface area (Å²) in [6, 6.07) is 9.06. The van der Waals surface area contributed by atoms with Crippen molar-refractivity contribution in [1.82, 2.24) is 14.1 Å². The number of thiophene rings is 1. The Kier molecular flexibility index (Phi) is 6.79. The zero-order valence-electron chi connectivity index (χ0n) is 20.2. The van der Waals surface area contributed by atoms with Crippen LogP contribution < -0.4 is 11.2 Å². The van der Waals surface area contributed by atoms with Crippen LogP contribution in [0.2, 0.25) is 0 Å². The molecule has 1 aromatic carbocycles. The van der Waals surface area contributed by atoms with E-state index in [1.54, 1.807) is 6.92 Å². The van der Waals surface area contributed by atoms with Crippen LogP contribution >= 0.6 is 11.3 Å². The van der Waals surface area contributed by atoms with Crippen LogP contribution in [-0.4, -0.2) is 37.6 Å². The van der Waals surface area contributed by atoms with Gasteiger partial charge >= 0.3 is 11.7 Å². The number of Topliss-reactive ketones (excluding diaryl/α,β-unsaturated/α-hetero) is 1. The highest BCUT2D eigenvalue weighted by atomic mass is 32.1. The van der Waals surface area contributed by atoms with Gasteiger partial charge in [0.05, 0.1) is 23.0 Å². The van der Waals surface area contributed by atoms with Crippen LogP contribution in [0, 0.1) is 6.92 Å². The Morgan fingerprint density at radius 3 is 2.50 bits per heavy atom. The monoisotopic (exact) mass is 511 g/mol. The molecule has 36 heavy (non-hydrogen) atoms. The van der Waals surface area contributed by atoms with Crippen molar-refractivity contribution in [2.75, 3.05) is 6.61 Å². The Morgan fingerprint density at radius 2 is 1.92 bits per heavy atom. The second-order valence-corrected chi connectivity index (χ2v) is 9.88. The van der Waals surface area contributed by atoms with Crippen molar-refractivity contribution in [3.05, 3.63) is 74.8 Å². The average molecular weight is 512 g/mol. The van der Waals surface area contributed by atoms with E-state index in [2.05, 4.69) is 4.98 Å². The lowest BCUT2D eigenvalue weighted by atomic mass is 10.1. The SMILES string of the molecule is CC(=O)COC(Cn1c(=O)n(C(C)(C)C(=O)O)c(=O)c2c(C)c(-c3ncco3)sc21)c1ccccc1. The van der Waals surface area contributed by atoms with Gasteiger partial charge in [0.25, 0.3) is 5.56 Å². The van der Waals surface area contributed by atoms with Crippen molar-refractivity contribution in [2.45, 2.75) is 45.9 Å². The van der Waals surface area contributed by atoms with Crippen molar-refractivity contribution in [3.63, 3.8) is 0 Å². The first-order valence-electron chi connectivity index (χ1n) is 11.1. The Labute approximate surface area is 209 Å². The molecule has 4 rings (SSSR count). The molecule has 0 aliphatic heterocycles. The van der Waals surface area contributed by atoms with E-state index in [9.17, 15) is 24.3 Å². The summed E-state index contributed by atoms with van der Waals surface area (Å²) >= 11 is 1.15. The zero-order valence-corrected chi connectivity index (χ0v) is 21.0. The molecule has 11 heteroatoms. The third-order valence-electron chi connectivity index (χ3n) is 5.93. The van der Waals surface area contributed by atoms with E-state index in [-0.39, 0.29) is 30.2 Å². The molecule has 1 N–H and O–H groups in total. The van der Waals surface area contributed by atoms with Gasteiger partial charge in [0.2, 0.25) is 5.89 Å². The maximum absolute atomic E-state index is 13.8. The van der Waals surface area contributed by atoms with E-state index in [4.69, 9.17) is 9.15 Å². The molecule has 0 aliphatic carbocycles. The van der Waals surface area contributed by atoms with Crippen LogP contribution in [0.1, 0.15) is 38.0 Å². The van der Waals surface area contributed by atoms with Gasteiger partial charge in [0.15, 0.2) is 5.78 Å². The van der Waals surface area contributed by atoms with Crippen LogP contribution in [0.5, 0.6) is 0 Å². The molecule has 1 atom stereocenters. The number of carboxylic acids is 1. The summed E-state index contributed by atoms with van der Waals surface area (Å²) in [6.45, 7) is 5.45. The number of rotatable bonds is 9. The largest absolute Gasteiger partial charge is 0.480 e. The normalized spacial score (nSPS) is 12.7. The minimum atomic E-state index is -1.83. The molecule has 0 fully saturated rings. The van der Waals surface area contributed by atoms with E-state index in [1.165, 1.54) is 37.8 Å². The summed E-state index contributed by atoms with van der Waals surface area (Å²) in [7, 11) is 0. The number of fused-ring (bicyclic) bond motifs is 1.